The fraction of sp³-hybridized carbons (Fsp3) is 0.136. The monoisotopic (exact) mass is 409 g/mol. The van der Waals surface area contributed by atoms with Gasteiger partial charge in [-0.15, -0.1) is 0 Å². The van der Waals surface area contributed by atoms with Crippen molar-refractivity contribution in [3.05, 3.63) is 96.1 Å². The van der Waals surface area contributed by atoms with E-state index in [2.05, 4.69) is 42.5 Å². The summed E-state index contributed by atoms with van der Waals surface area (Å²) in [5, 5.41) is 9.78. The molecule has 3 nitrogen and oxygen atoms in total. The van der Waals surface area contributed by atoms with Gasteiger partial charge in [0.1, 0.15) is 0 Å². The van der Waals surface area contributed by atoms with Crippen molar-refractivity contribution in [2.45, 2.75) is 12.1 Å². The molecule has 0 fully saturated rings. The van der Waals surface area contributed by atoms with Crippen molar-refractivity contribution in [2.24, 2.45) is 4.99 Å². The summed E-state index contributed by atoms with van der Waals surface area (Å²) in [5.74, 6) is 0.631. The molecule has 1 N–H and O–H groups in total. The molecule has 3 aromatic rings. The molecule has 4 rings (SSSR count). The van der Waals surface area contributed by atoms with Crippen molar-refractivity contribution in [1.29, 1.82) is 0 Å². The molecular weight excluding hydrogens is 389 g/mol. The van der Waals surface area contributed by atoms with Crippen molar-refractivity contribution < 1.29 is 9.84 Å². The molecule has 0 unspecified atom stereocenters. The average molecular weight is 408 g/mol. The van der Waals surface area contributed by atoms with Crippen LogP contribution in [-0.2, 0) is 4.74 Å². The van der Waals surface area contributed by atoms with Crippen LogP contribution < -0.4 is 8.92 Å². The third kappa shape index (κ3) is 3.58. The Labute approximate surface area is 159 Å². The fourth-order valence-corrected chi connectivity index (χ4v) is 5.01. The van der Waals surface area contributed by atoms with Crippen LogP contribution in [0.25, 0.3) is 0 Å². The number of hydrogen-bond donors (Lipinski definition) is 1. The van der Waals surface area contributed by atoms with Crippen LogP contribution in [0.1, 0.15) is 17.2 Å². The molecule has 0 saturated carbocycles. The van der Waals surface area contributed by atoms with Crippen molar-refractivity contribution >= 4 is 29.8 Å². The second-order valence-corrected chi connectivity index (χ2v) is 8.38. The molecule has 1 aliphatic rings. The predicted molar refractivity (Wildman–Crippen MR) is 106 cm³/mol. The van der Waals surface area contributed by atoms with Gasteiger partial charge in [0, 0.05) is 0 Å². The Morgan fingerprint density at radius 3 is 2.23 bits per heavy atom. The SMILES string of the molecule is OC[C@@H]1N=C(c2ccccc2[Se]c2ccccc2)O[C@H]1c1ccccc1. The van der Waals surface area contributed by atoms with E-state index in [0.29, 0.717) is 5.90 Å². The van der Waals surface area contributed by atoms with E-state index in [1.807, 2.05) is 42.5 Å². The van der Waals surface area contributed by atoms with Gasteiger partial charge < -0.3 is 0 Å². The summed E-state index contributed by atoms with van der Waals surface area (Å²) < 4.78 is 8.76. The van der Waals surface area contributed by atoms with E-state index in [0.717, 1.165) is 11.1 Å². The molecular formula is C22H19NO2Se. The van der Waals surface area contributed by atoms with Crippen LogP contribution >= 0.6 is 0 Å². The van der Waals surface area contributed by atoms with Crippen molar-refractivity contribution in [3.63, 3.8) is 0 Å². The van der Waals surface area contributed by atoms with E-state index in [4.69, 9.17) is 9.73 Å². The van der Waals surface area contributed by atoms with E-state index in [9.17, 15) is 5.11 Å². The van der Waals surface area contributed by atoms with Gasteiger partial charge >= 0.3 is 159 Å². The summed E-state index contributed by atoms with van der Waals surface area (Å²) >= 11 is 0.170. The van der Waals surface area contributed by atoms with Crippen LogP contribution in [0, 0.1) is 0 Å². The van der Waals surface area contributed by atoms with Gasteiger partial charge in [0.25, 0.3) is 0 Å². The average Bonchev–Trinajstić information content (AvgIpc) is 3.14. The standard InChI is InChI=1S/C22H19NO2Se/c24-15-19-21(16-9-3-1-4-10-16)25-22(23-19)18-13-7-8-14-20(18)26-17-11-5-2-6-12-17/h1-14,19,21,24H,15H2/t19-,21-/m0/s1. The molecule has 2 atom stereocenters. The molecule has 26 heavy (non-hydrogen) atoms. The second kappa shape index (κ2) is 7.88. The quantitative estimate of drug-likeness (QED) is 0.658. The summed E-state index contributed by atoms with van der Waals surface area (Å²) in [6, 6.07) is 28.4. The van der Waals surface area contributed by atoms with Gasteiger partial charge in [0.2, 0.25) is 0 Å². The Balaban J connectivity index is 1.64. The summed E-state index contributed by atoms with van der Waals surface area (Å²) in [5.41, 5.74) is 2.06. The number of ether oxygens (including phenoxy) is 1. The van der Waals surface area contributed by atoms with Gasteiger partial charge in [0.15, 0.2) is 0 Å². The van der Waals surface area contributed by atoms with Crippen LogP contribution in [0.2, 0.25) is 0 Å². The molecule has 0 aliphatic carbocycles. The van der Waals surface area contributed by atoms with Gasteiger partial charge in [-0.05, 0) is 0 Å². The fourth-order valence-electron chi connectivity index (χ4n) is 3.00. The Morgan fingerprint density at radius 1 is 0.846 bits per heavy atom. The summed E-state index contributed by atoms with van der Waals surface area (Å²) in [7, 11) is 0. The van der Waals surface area contributed by atoms with Gasteiger partial charge in [-0.1, -0.05) is 0 Å². The van der Waals surface area contributed by atoms with Gasteiger partial charge in [-0.25, -0.2) is 0 Å². The number of hydrogen-bond acceptors (Lipinski definition) is 3. The van der Waals surface area contributed by atoms with Crippen LogP contribution in [-0.4, -0.2) is 38.6 Å². The number of aliphatic imine (C=N–C) groups is 1. The molecule has 1 heterocycles. The zero-order valence-corrected chi connectivity index (χ0v) is 15.9. The molecule has 130 valence electrons. The molecule has 0 spiro atoms. The van der Waals surface area contributed by atoms with E-state index >= 15 is 0 Å². The first-order chi connectivity index (χ1) is 12.8. The Bertz CT molecular complexity index is 896. The molecule has 0 radical (unpaired) electrons. The summed E-state index contributed by atoms with van der Waals surface area (Å²) in [6.07, 6.45) is -0.242. The first-order valence-corrected chi connectivity index (χ1v) is 10.3. The minimum atomic E-state index is -0.273. The topological polar surface area (TPSA) is 41.8 Å². The van der Waals surface area contributed by atoms with E-state index in [1.165, 1.54) is 8.92 Å². The molecule has 3 aromatic carbocycles. The maximum atomic E-state index is 9.78. The van der Waals surface area contributed by atoms with Crippen LogP contribution in [0.3, 0.4) is 0 Å². The number of aliphatic hydroxyl groups is 1. The van der Waals surface area contributed by atoms with Crippen molar-refractivity contribution in [3.8, 4) is 0 Å². The zero-order valence-electron chi connectivity index (χ0n) is 14.2. The summed E-state index contributed by atoms with van der Waals surface area (Å²) in [4.78, 5) is 4.69. The normalized spacial score (nSPS) is 19.0. The van der Waals surface area contributed by atoms with Gasteiger partial charge in [-0.3, -0.25) is 0 Å². The molecule has 4 heteroatoms. The van der Waals surface area contributed by atoms with E-state index in [1.54, 1.807) is 0 Å². The molecule has 0 saturated heterocycles. The van der Waals surface area contributed by atoms with Crippen molar-refractivity contribution in [1.82, 2.24) is 0 Å². The number of nitrogens with zero attached hydrogens (tertiary/aromatic N) is 1. The third-order valence-electron chi connectivity index (χ3n) is 4.27. The third-order valence-corrected chi connectivity index (χ3v) is 6.55. The Hall–Kier alpha value is -2.39. The van der Waals surface area contributed by atoms with E-state index < -0.39 is 0 Å². The first-order valence-electron chi connectivity index (χ1n) is 8.58. The number of aliphatic hydroxyl groups excluding tert-OH is 1. The molecule has 0 amide bonds. The Kier molecular flexibility index (Phi) is 5.16. The second-order valence-electron chi connectivity index (χ2n) is 6.04. The number of rotatable bonds is 5. The van der Waals surface area contributed by atoms with Crippen LogP contribution in [0.5, 0.6) is 0 Å². The van der Waals surface area contributed by atoms with Gasteiger partial charge in [0.05, 0.1) is 0 Å². The Morgan fingerprint density at radius 2 is 1.50 bits per heavy atom. The first kappa shape index (κ1) is 17.0. The molecule has 1 aliphatic heterocycles. The minimum absolute atomic E-state index is 0.0327. The number of benzene rings is 3. The van der Waals surface area contributed by atoms with E-state index in [-0.39, 0.29) is 33.7 Å². The predicted octanol–water partition coefficient (Wildman–Crippen LogP) is 2.22. The molecule has 0 aromatic heterocycles. The summed E-state index contributed by atoms with van der Waals surface area (Å²) in [6.45, 7) is -0.0327. The van der Waals surface area contributed by atoms with Gasteiger partial charge in [-0.2, -0.15) is 0 Å². The zero-order chi connectivity index (χ0) is 17.8. The maximum absolute atomic E-state index is 9.78. The van der Waals surface area contributed by atoms with Crippen molar-refractivity contribution in [2.75, 3.05) is 6.61 Å². The van der Waals surface area contributed by atoms with Crippen LogP contribution in [0.4, 0.5) is 0 Å². The molecule has 0 bridgehead atoms. The van der Waals surface area contributed by atoms with Crippen LogP contribution in [0.15, 0.2) is 89.9 Å².